The van der Waals surface area contributed by atoms with Gasteiger partial charge in [-0.1, -0.05) is 12.1 Å². The van der Waals surface area contributed by atoms with Crippen molar-refractivity contribution in [1.29, 1.82) is 0 Å². The van der Waals surface area contributed by atoms with E-state index < -0.39 is 0 Å². The molecule has 1 heterocycles. The Bertz CT molecular complexity index is 346. The lowest BCUT2D eigenvalue weighted by Crippen LogP contribution is -2.49. The van der Waals surface area contributed by atoms with Gasteiger partial charge in [-0.2, -0.15) is 0 Å². The van der Waals surface area contributed by atoms with Crippen molar-refractivity contribution in [2.24, 2.45) is 5.73 Å². The highest BCUT2D eigenvalue weighted by Crippen LogP contribution is 2.23. The van der Waals surface area contributed by atoms with E-state index in [-0.39, 0.29) is 5.54 Å². The molecule has 1 aliphatic rings. The zero-order valence-electron chi connectivity index (χ0n) is 9.74. The zero-order chi connectivity index (χ0) is 11.4. The monoisotopic (exact) mass is 221 g/mol. The first-order valence-corrected chi connectivity index (χ1v) is 5.71. The van der Waals surface area contributed by atoms with Crippen LogP contribution in [0.4, 0.5) is 0 Å². The molecular formula is C13H19NO2. The first-order valence-electron chi connectivity index (χ1n) is 5.71. The highest BCUT2D eigenvalue weighted by molar-refractivity contribution is 5.29. The maximum Gasteiger partial charge on any atom is 0.119 e. The van der Waals surface area contributed by atoms with Crippen LogP contribution in [0.25, 0.3) is 0 Å². The van der Waals surface area contributed by atoms with Gasteiger partial charge in [-0.05, 0) is 37.0 Å². The maximum atomic E-state index is 6.32. The fraction of sp³-hybridized carbons (Fsp3) is 0.538. The van der Waals surface area contributed by atoms with E-state index in [0.717, 1.165) is 31.6 Å². The molecule has 16 heavy (non-hydrogen) atoms. The van der Waals surface area contributed by atoms with Crippen LogP contribution in [0.2, 0.25) is 0 Å². The third kappa shape index (κ3) is 2.74. The van der Waals surface area contributed by atoms with Gasteiger partial charge in [0.15, 0.2) is 0 Å². The SMILES string of the molecule is COc1cccc(CC2(N)CCCOC2)c1. The van der Waals surface area contributed by atoms with E-state index in [1.54, 1.807) is 7.11 Å². The lowest BCUT2D eigenvalue weighted by molar-refractivity contribution is 0.0382. The first-order chi connectivity index (χ1) is 7.72. The van der Waals surface area contributed by atoms with E-state index in [0.29, 0.717) is 6.61 Å². The van der Waals surface area contributed by atoms with Crippen LogP contribution in [-0.2, 0) is 11.2 Å². The van der Waals surface area contributed by atoms with Gasteiger partial charge in [-0.3, -0.25) is 0 Å². The fourth-order valence-corrected chi connectivity index (χ4v) is 2.20. The summed E-state index contributed by atoms with van der Waals surface area (Å²) < 4.78 is 10.7. The topological polar surface area (TPSA) is 44.5 Å². The van der Waals surface area contributed by atoms with Crippen molar-refractivity contribution in [2.75, 3.05) is 20.3 Å². The molecule has 3 nitrogen and oxygen atoms in total. The van der Waals surface area contributed by atoms with E-state index in [2.05, 4.69) is 6.07 Å². The fourth-order valence-electron chi connectivity index (χ4n) is 2.20. The Morgan fingerprint density at radius 1 is 1.50 bits per heavy atom. The van der Waals surface area contributed by atoms with Crippen molar-refractivity contribution in [1.82, 2.24) is 0 Å². The van der Waals surface area contributed by atoms with Crippen molar-refractivity contribution in [3.8, 4) is 5.75 Å². The summed E-state index contributed by atoms with van der Waals surface area (Å²) in [5.74, 6) is 0.887. The zero-order valence-corrected chi connectivity index (χ0v) is 9.74. The van der Waals surface area contributed by atoms with Gasteiger partial charge < -0.3 is 15.2 Å². The molecule has 1 aromatic carbocycles. The average molecular weight is 221 g/mol. The predicted octanol–water partition coefficient (Wildman–Crippen LogP) is 1.75. The molecule has 88 valence electrons. The highest BCUT2D eigenvalue weighted by Gasteiger charge is 2.28. The number of benzene rings is 1. The Kier molecular flexibility index (Phi) is 3.46. The molecule has 0 spiro atoms. The summed E-state index contributed by atoms with van der Waals surface area (Å²) >= 11 is 0. The van der Waals surface area contributed by atoms with Gasteiger partial charge in [-0.25, -0.2) is 0 Å². The molecule has 2 rings (SSSR count). The van der Waals surface area contributed by atoms with Gasteiger partial charge in [0.1, 0.15) is 5.75 Å². The lowest BCUT2D eigenvalue weighted by Gasteiger charge is -2.33. The van der Waals surface area contributed by atoms with E-state index in [4.69, 9.17) is 15.2 Å². The molecule has 0 aliphatic carbocycles. The second kappa shape index (κ2) is 4.85. The molecule has 0 amide bonds. The van der Waals surface area contributed by atoms with Crippen LogP contribution in [0, 0.1) is 0 Å². The minimum Gasteiger partial charge on any atom is -0.497 e. The Morgan fingerprint density at radius 2 is 2.38 bits per heavy atom. The first kappa shape index (κ1) is 11.4. The smallest absolute Gasteiger partial charge is 0.119 e. The lowest BCUT2D eigenvalue weighted by atomic mass is 9.87. The molecule has 1 atom stereocenters. The largest absolute Gasteiger partial charge is 0.497 e. The molecule has 1 fully saturated rings. The van der Waals surface area contributed by atoms with Crippen LogP contribution < -0.4 is 10.5 Å². The molecular weight excluding hydrogens is 202 g/mol. The number of rotatable bonds is 3. The van der Waals surface area contributed by atoms with Crippen molar-refractivity contribution in [3.63, 3.8) is 0 Å². The van der Waals surface area contributed by atoms with Gasteiger partial charge >= 0.3 is 0 Å². The molecule has 2 N–H and O–H groups in total. The van der Waals surface area contributed by atoms with Gasteiger partial charge in [0.2, 0.25) is 0 Å². The van der Waals surface area contributed by atoms with E-state index in [9.17, 15) is 0 Å². The third-order valence-corrected chi connectivity index (χ3v) is 3.04. The summed E-state index contributed by atoms with van der Waals surface area (Å²) in [6.07, 6.45) is 2.94. The van der Waals surface area contributed by atoms with Crippen LogP contribution in [0.3, 0.4) is 0 Å². The molecule has 0 aromatic heterocycles. The number of ether oxygens (including phenoxy) is 2. The van der Waals surface area contributed by atoms with Crippen LogP contribution in [0.1, 0.15) is 18.4 Å². The molecule has 1 unspecified atom stereocenters. The number of hydrogen-bond donors (Lipinski definition) is 1. The molecule has 3 heteroatoms. The Hall–Kier alpha value is -1.06. The summed E-state index contributed by atoms with van der Waals surface area (Å²) in [7, 11) is 1.68. The van der Waals surface area contributed by atoms with Crippen molar-refractivity contribution in [2.45, 2.75) is 24.8 Å². The second-order valence-electron chi connectivity index (χ2n) is 4.55. The molecule has 0 bridgehead atoms. The molecule has 0 radical (unpaired) electrons. The number of methoxy groups -OCH3 is 1. The van der Waals surface area contributed by atoms with Crippen LogP contribution in [-0.4, -0.2) is 25.9 Å². The summed E-state index contributed by atoms with van der Waals surface area (Å²) in [6.45, 7) is 1.50. The normalized spacial score (nSPS) is 25.4. The van der Waals surface area contributed by atoms with Gasteiger partial charge in [-0.15, -0.1) is 0 Å². The summed E-state index contributed by atoms with van der Waals surface area (Å²) in [4.78, 5) is 0. The van der Waals surface area contributed by atoms with Gasteiger partial charge in [0, 0.05) is 12.1 Å². The predicted molar refractivity (Wildman–Crippen MR) is 63.7 cm³/mol. The Labute approximate surface area is 96.5 Å². The van der Waals surface area contributed by atoms with Crippen molar-refractivity contribution < 1.29 is 9.47 Å². The summed E-state index contributed by atoms with van der Waals surface area (Å²) in [5.41, 5.74) is 7.33. The molecule has 1 saturated heterocycles. The standard InChI is InChI=1S/C13H19NO2/c1-15-12-5-2-4-11(8-12)9-13(14)6-3-7-16-10-13/h2,4-5,8H,3,6-7,9-10,14H2,1H3. The summed E-state index contributed by atoms with van der Waals surface area (Å²) in [5, 5.41) is 0. The highest BCUT2D eigenvalue weighted by atomic mass is 16.5. The average Bonchev–Trinajstić information content (AvgIpc) is 2.29. The van der Waals surface area contributed by atoms with Crippen molar-refractivity contribution in [3.05, 3.63) is 29.8 Å². The van der Waals surface area contributed by atoms with Crippen LogP contribution in [0.5, 0.6) is 5.75 Å². The molecule has 1 aliphatic heterocycles. The Morgan fingerprint density at radius 3 is 3.06 bits per heavy atom. The quantitative estimate of drug-likeness (QED) is 0.845. The minimum atomic E-state index is -0.204. The minimum absolute atomic E-state index is 0.204. The molecule has 1 aromatic rings. The number of hydrogen-bond acceptors (Lipinski definition) is 3. The van der Waals surface area contributed by atoms with Crippen LogP contribution >= 0.6 is 0 Å². The second-order valence-corrected chi connectivity index (χ2v) is 4.55. The van der Waals surface area contributed by atoms with Crippen molar-refractivity contribution >= 4 is 0 Å². The maximum absolute atomic E-state index is 6.32. The van der Waals surface area contributed by atoms with Gasteiger partial charge in [0.25, 0.3) is 0 Å². The Balaban J connectivity index is 2.07. The summed E-state index contributed by atoms with van der Waals surface area (Å²) in [6, 6.07) is 8.08. The third-order valence-electron chi connectivity index (χ3n) is 3.04. The van der Waals surface area contributed by atoms with Crippen LogP contribution in [0.15, 0.2) is 24.3 Å². The van der Waals surface area contributed by atoms with Gasteiger partial charge in [0.05, 0.1) is 13.7 Å². The van der Waals surface area contributed by atoms with E-state index in [1.807, 2.05) is 18.2 Å². The number of nitrogens with two attached hydrogens (primary N) is 1. The van der Waals surface area contributed by atoms with E-state index >= 15 is 0 Å². The molecule has 0 saturated carbocycles. The van der Waals surface area contributed by atoms with E-state index in [1.165, 1.54) is 5.56 Å².